The van der Waals surface area contributed by atoms with Gasteiger partial charge in [0.1, 0.15) is 15.0 Å². The maximum atomic E-state index is 12.7. The molecule has 22 heavy (non-hydrogen) atoms. The summed E-state index contributed by atoms with van der Waals surface area (Å²) in [5, 5.41) is 9.71. The Hall–Kier alpha value is -2.31. The fraction of sp³-hybridized carbons (Fsp3) is 0.0667. The van der Waals surface area contributed by atoms with E-state index in [1.807, 2.05) is 19.1 Å². The first-order valence-electron chi connectivity index (χ1n) is 6.55. The molecular formula is C15H9ClN4OS. The summed E-state index contributed by atoms with van der Waals surface area (Å²) in [7, 11) is 0. The van der Waals surface area contributed by atoms with Gasteiger partial charge in [0.15, 0.2) is 0 Å². The molecule has 3 heterocycles. The second-order valence-corrected chi connectivity index (χ2v) is 6.30. The van der Waals surface area contributed by atoms with Crippen LogP contribution in [-0.4, -0.2) is 20.0 Å². The van der Waals surface area contributed by atoms with Crippen molar-refractivity contribution in [2.24, 2.45) is 0 Å². The van der Waals surface area contributed by atoms with Gasteiger partial charge < -0.3 is 0 Å². The summed E-state index contributed by atoms with van der Waals surface area (Å²) in [4.78, 5) is 17.9. The first kappa shape index (κ1) is 13.4. The number of hydrogen-bond acceptors (Lipinski definition) is 5. The number of thiophene rings is 1. The molecule has 1 aromatic carbocycles. The molecule has 0 saturated carbocycles. The maximum absolute atomic E-state index is 12.7. The molecule has 5 nitrogen and oxygen atoms in total. The van der Waals surface area contributed by atoms with Crippen LogP contribution >= 0.6 is 22.9 Å². The Balaban J connectivity index is 2.03. The lowest BCUT2D eigenvalue weighted by Gasteiger charge is -2.02. The number of rotatable bonds is 1. The highest BCUT2D eigenvalue weighted by molar-refractivity contribution is 7.25. The highest BCUT2D eigenvalue weighted by Gasteiger charge is 2.14. The zero-order valence-electron chi connectivity index (χ0n) is 11.4. The number of halogens is 1. The van der Waals surface area contributed by atoms with Crippen molar-refractivity contribution >= 4 is 43.4 Å². The summed E-state index contributed by atoms with van der Waals surface area (Å²) in [6.07, 6.45) is 0. The third-order valence-corrected chi connectivity index (χ3v) is 4.69. The molecule has 0 aliphatic heterocycles. The van der Waals surface area contributed by atoms with Gasteiger partial charge in [-0.2, -0.15) is 4.68 Å². The molecule has 0 unspecified atom stereocenters. The van der Waals surface area contributed by atoms with Crippen LogP contribution in [0.2, 0.25) is 5.02 Å². The SMILES string of the molecule is Cc1ccc2c(n1)sc1c(=O)n(-c3ccc(Cl)cc3)nnc12. The van der Waals surface area contributed by atoms with Gasteiger partial charge in [-0.05, 0) is 43.3 Å². The molecule has 0 fully saturated rings. The highest BCUT2D eigenvalue weighted by atomic mass is 35.5. The Morgan fingerprint density at radius 1 is 1.14 bits per heavy atom. The van der Waals surface area contributed by atoms with Crippen molar-refractivity contribution in [1.82, 2.24) is 20.0 Å². The van der Waals surface area contributed by atoms with Crippen LogP contribution in [0.25, 0.3) is 26.1 Å². The van der Waals surface area contributed by atoms with Gasteiger partial charge in [0.2, 0.25) is 0 Å². The van der Waals surface area contributed by atoms with E-state index >= 15 is 0 Å². The number of aromatic nitrogens is 4. The van der Waals surface area contributed by atoms with Crippen molar-refractivity contribution in [2.45, 2.75) is 6.92 Å². The molecule has 0 atom stereocenters. The molecule has 0 aliphatic carbocycles. The lowest BCUT2D eigenvalue weighted by molar-refractivity contribution is 0.740. The van der Waals surface area contributed by atoms with E-state index in [-0.39, 0.29) is 5.56 Å². The van der Waals surface area contributed by atoms with Crippen molar-refractivity contribution in [3.8, 4) is 5.69 Å². The second kappa shape index (κ2) is 4.86. The van der Waals surface area contributed by atoms with Crippen LogP contribution in [0.5, 0.6) is 0 Å². The topological polar surface area (TPSA) is 60.7 Å². The van der Waals surface area contributed by atoms with Crippen molar-refractivity contribution in [3.05, 3.63) is 57.5 Å². The molecule has 0 amide bonds. The maximum Gasteiger partial charge on any atom is 0.292 e. The molecule has 0 radical (unpaired) electrons. The van der Waals surface area contributed by atoms with Gasteiger partial charge in [-0.3, -0.25) is 4.79 Å². The Bertz CT molecular complexity index is 1070. The van der Waals surface area contributed by atoms with Gasteiger partial charge in [0.05, 0.1) is 5.69 Å². The van der Waals surface area contributed by atoms with Gasteiger partial charge in [0, 0.05) is 16.1 Å². The Morgan fingerprint density at radius 2 is 1.91 bits per heavy atom. The van der Waals surface area contributed by atoms with E-state index in [9.17, 15) is 4.79 Å². The number of pyridine rings is 1. The van der Waals surface area contributed by atoms with E-state index in [4.69, 9.17) is 11.6 Å². The van der Waals surface area contributed by atoms with Crippen LogP contribution < -0.4 is 5.56 Å². The van der Waals surface area contributed by atoms with Crippen LogP contribution in [0.4, 0.5) is 0 Å². The Morgan fingerprint density at radius 3 is 2.68 bits per heavy atom. The monoisotopic (exact) mass is 328 g/mol. The highest BCUT2D eigenvalue weighted by Crippen LogP contribution is 2.28. The molecule has 0 spiro atoms. The predicted molar refractivity (Wildman–Crippen MR) is 88.1 cm³/mol. The molecule has 0 bridgehead atoms. The van der Waals surface area contributed by atoms with Crippen molar-refractivity contribution in [2.75, 3.05) is 0 Å². The van der Waals surface area contributed by atoms with E-state index in [0.717, 1.165) is 15.9 Å². The first-order valence-corrected chi connectivity index (χ1v) is 7.75. The summed E-state index contributed by atoms with van der Waals surface area (Å²) in [6.45, 7) is 1.92. The molecule has 0 saturated heterocycles. The van der Waals surface area contributed by atoms with E-state index in [2.05, 4.69) is 15.3 Å². The number of fused-ring (bicyclic) bond motifs is 3. The van der Waals surface area contributed by atoms with Crippen molar-refractivity contribution < 1.29 is 0 Å². The molecular weight excluding hydrogens is 320 g/mol. The van der Waals surface area contributed by atoms with Gasteiger partial charge in [-0.25, -0.2) is 4.98 Å². The minimum absolute atomic E-state index is 0.201. The quantitative estimate of drug-likeness (QED) is 0.537. The summed E-state index contributed by atoms with van der Waals surface area (Å²) >= 11 is 7.21. The molecule has 4 rings (SSSR count). The normalized spacial score (nSPS) is 11.4. The average Bonchev–Trinajstić information content (AvgIpc) is 2.87. The van der Waals surface area contributed by atoms with Crippen LogP contribution in [0, 0.1) is 6.92 Å². The minimum atomic E-state index is -0.201. The zero-order chi connectivity index (χ0) is 15.3. The number of benzene rings is 1. The Labute approximate surface area is 133 Å². The van der Waals surface area contributed by atoms with Crippen molar-refractivity contribution in [3.63, 3.8) is 0 Å². The number of hydrogen-bond donors (Lipinski definition) is 0. The van der Waals surface area contributed by atoms with Gasteiger partial charge >= 0.3 is 0 Å². The fourth-order valence-corrected chi connectivity index (χ4v) is 3.48. The van der Waals surface area contributed by atoms with Crippen LogP contribution in [0.3, 0.4) is 0 Å². The van der Waals surface area contributed by atoms with Crippen LogP contribution in [0.15, 0.2) is 41.2 Å². The Kier molecular flexibility index (Phi) is 2.95. The van der Waals surface area contributed by atoms with Gasteiger partial charge in [-0.15, -0.1) is 16.4 Å². The van der Waals surface area contributed by atoms with Crippen molar-refractivity contribution in [1.29, 1.82) is 0 Å². The van der Waals surface area contributed by atoms with Gasteiger partial charge in [0.25, 0.3) is 5.56 Å². The predicted octanol–water partition coefficient (Wildman–Crippen LogP) is 3.35. The lowest BCUT2D eigenvalue weighted by Crippen LogP contribution is -2.21. The molecule has 108 valence electrons. The number of aryl methyl sites for hydroxylation is 1. The summed E-state index contributed by atoms with van der Waals surface area (Å²) in [6, 6.07) is 10.7. The van der Waals surface area contributed by atoms with Crippen LogP contribution in [0.1, 0.15) is 5.69 Å². The summed E-state index contributed by atoms with van der Waals surface area (Å²) in [5.41, 5.74) is 1.94. The number of nitrogens with zero attached hydrogens (tertiary/aromatic N) is 4. The molecule has 4 aromatic rings. The molecule has 0 N–H and O–H groups in total. The fourth-order valence-electron chi connectivity index (χ4n) is 2.28. The molecule has 7 heteroatoms. The van der Waals surface area contributed by atoms with E-state index in [0.29, 0.717) is 20.9 Å². The average molecular weight is 329 g/mol. The first-order chi connectivity index (χ1) is 10.6. The standard InChI is InChI=1S/C15H9ClN4OS/c1-8-2-7-11-12-13(22-14(11)17-8)15(21)20(19-18-12)10-5-3-9(16)4-6-10/h2-7H,1H3. The third-order valence-electron chi connectivity index (χ3n) is 3.36. The molecule has 3 aromatic heterocycles. The van der Waals surface area contributed by atoms with Crippen LogP contribution in [-0.2, 0) is 0 Å². The lowest BCUT2D eigenvalue weighted by atomic mass is 10.3. The third kappa shape index (κ3) is 2.00. The second-order valence-electron chi connectivity index (χ2n) is 4.87. The molecule has 0 aliphatic rings. The van der Waals surface area contributed by atoms with E-state index < -0.39 is 0 Å². The van der Waals surface area contributed by atoms with E-state index in [1.165, 1.54) is 16.0 Å². The minimum Gasteiger partial charge on any atom is -0.266 e. The van der Waals surface area contributed by atoms with E-state index in [1.54, 1.807) is 24.3 Å². The largest absolute Gasteiger partial charge is 0.292 e. The zero-order valence-corrected chi connectivity index (χ0v) is 13.0. The van der Waals surface area contributed by atoms with Gasteiger partial charge in [-0.1, -0.05) is 16.8 Å². The summed E-state index contributed by atoms with van der Waals surface area (Å²) < 4.78 is 1.83. The smallest absolute Gasteiger partial charge is 0.266 e. The summed E-state index contributed by atoms with van der Waals surface area (Å²) in [5.74, 6) is 0.